The number of halogens is 3. The van der Waals surface area contributed by atoms with Gasteiger partial charge >= 0.3 is 6.36 Å². The molecule has 23 heavy (non-hydrogen) atoms. The van der Waals surface area contributed by atoms with Crippen LogP contribution in [0.4, 0.5) is 18.9 Å². The van der Waals surface area contributed by atoms with Crippen LogP contribution in [-0.4, -0.2) is 20.0 Å². The summed E-state index contributed by atoms with van der Waals surface area (Å²) < 4.78 is 39.7. The number of allylic oxidation sites excluding steroid dienone is 1. The molecule has 0 radical (unpaired) electrons. The van der Waals surface area contributed by atoms with Gasteiger partial charge < -0.3 is 15.4 Å². The molecule has 0 saturated carbocycles. The molecule has 0 saturated heterocycles. The summed E-state index contributed by atoms with van der Waals surface area (Å²) in [4.78, 5) is 1.82. The second kappa shape index (κ2) is 12.4. The Kier molecular flexibility index (Phi) is 12.5. The van der Waals surface area contributed by atoms with Crippen molar-refractivity contribution in [3.05, 3.63) is 36.0 Å². The molecule has 1 aromatic carbocycles. The third kappa shape index (κ3) is 11.1. The number of hydrogen-bond acceptors (Lipinski definition) is 3. The maximum Gasteiger partial charge on any atom is 0.573 e. The summed E-state index contributed by atoms with van der Waals surface area (Å²) in [5.41, 5.74) is 7.07. The van der Waals surface area contributed by atoms with Gasteiger partial charge in [0.15, 0.2) is 0 Å². The van der Waals surface area contributed by atoms with Gasteiger partial charge in [-0.3, -0.25) is 0 Å². The highest BCUT2D eigenvalue weighted by Crippen LogP contribution is 2.25. The van der Waals surface area contributed by atoms with Gasteiger partial charge in [0.1, 0.15) is 5.75 Å². The highest BCUT2D eigenvalue weighted by molar-refractivity contribution is 5.52. The number of hydrogen-bond donors (Lipinski definition) is 1. The van der Waals surface area contributed by atoms with Gasteiger partial charge in [0.25, 0.3) is 0 Å². The fraction of sp³-hybridized carbons (Fsp3) is 0.412. The fourth-order valence-electron chi connectivity index (χ4n) is 1.38. The van der Waals surface area contributed by atoms with Crippen molar-refractivity contribution in [3.8, 4) is 18.6 Å². The van der Waals surface area contributed by atoms with Crippen LogP contribution >= 0.6 is 0 Å². The SMILES string of the molecule is C#C.C/C(=C/CN)N(C)c1ccc(OC(F)(F)F)cc1.CCC. The highest BCUT2D eigenvalue weighted by Gasteiger charge is 2.30. The van der Waals surface area contributed by atoms with Crippen LogP contribution in [-0.2, 0) is 0 Å². The molecule has 0 amide bonds. The van der Waals surface area contributed by atoms with Gasteiger partial charge in [-0.05, 0) is 31.2 Å². The van der Waals surface area contributed by atoms with Crippen molar-refractivity contribution in [3.63, 3.8) is 0 Å². The summed E-state index contributed by atoms with van der Waals surface area (Å²) in [6.45, 7) is 6.53. The molecule has 0 atom stereocenters. The van der Waals surface area contributed by atoms with E-state index in [1.54, 1.807) is 19.2 Å². The Morgan fingerprint density at radius 1 is 1.22 bits per heavy atom. The number of anilines is 1. The van der Waals surface area contributed by atoms with E-state index in [1.807, 2.05) is 17.9 Å². The Hall–Kier alpha value is -2.13. The first-order chi connectivity index (χ1) is 10.7. The van der Waals surface area contributed by atoms with Gasteiger partial charge in [0.2, 0.25) is 0 Å². The van der Waals surface area contributed by atoms with E-state index in [-0.39, 0.29) is 5.75 Å². The van der Waals surface area contributed by atoms with Crippen LogP contribution in [0.2, 0.25) is 0 Å². The average Bonchev–Trinajstić information content (AvgIpc) is 2.49. The second-order valence-electron chi connectivity index (χ2n) is 4.39. The smallest absolute Gasteiger partial charge is 0.406 e. The van der Waals surface area contributed by atoms with Crippen molar-refractivity contribution in [1.82, 2.24) is 0 Å². The van der Waals surface area contributed by atoms with Gasteiger partial charge in [-0.25, -0.2) is 0 Å². The molecule has 6 heteroatoms. The standard InChI is InChI=1S/C12H15F3N2O.C3H8.C2H2/c1-9(7-8-16)17(2)10-3-5-11(6-4-10)18-12(13,14)15;1-3-2;1-2/h3-7H,8,16H2,1-2H3;3H2,1-2H3;1-2H/b9-7-;;. The lowest BCUT2D eigenvalue weighted by Crippen LogP contribution is -2.18. The lowest BCUT2D eigenvalue weighted by Gasteiger charge is -2.20. The Morgan fingerprint density at radius 2 is 1.65 bits per heavy atom. The molecule has 0 heterocycles. The number of rotatable bonds is 4. The lowest BCUT2D eigenvalue weighted by atomic mass is 10.2. The minimum absolute atomic E-state index is 0.236. The number of alkyl halides is 3. The number of nitrogens with zero attached hydrogens (tertiary/aromatic N) is 1. The van der Waals surface area contributed by atoms with Crippen LogP contribution in [0.15, 0.2) is 36.0 Å². The summed E-state index contributed by atoms with van der Waals surface area (Å²) in [5, 5.41) is 0. The lowest BCUT2D eigenvalue weighted by molar-refractivity contribution is -0.274. The average molecular weight is 330 g/mol. The number of benzene rings is 1. The van der Waals surface area contributed by atoms with E-state index < -0.39 is 6.36 Å². The molecule has 0 aromatic heterocycles. The molecular formula is C17H25F3N2O. The number of nitrogens with two attached hydrogens (primary N) is 1. The van der Waals surface area contributed by atoms with Gasteiger partial charge in [-0.2, -0.15) is 0 Å². The Labute approximate surface area is 136 Å². The molecule has 3 nitrogen and oxygen atoms in total. The summed E-state index contributed by atoms with van der Waals surface area (Å²) in [6.07, 6.45) is 6.41. The fourth-order valence-corrected chi connectivity index (χ4v) is 1.38. The van der Waals surface area contributed by atoms with Crippen molar-refractivity contribution in [2.45, 2.75) is 33.6 Å². The van der Waals surface area contributed by atoms with E-state index in [4.69, 9.17) is 5.73 Å². The molecule has 0 aliphatic carbocycles. The third-order valence-electron chi connectivity index (χ3n) is 2.40. The first kappa shape index (κ1) is 23.1. The molecule has 0 fully saturated rings. The molecule has 0 spiro atoms. The topological polar surface area (TPSA) is 38.5 Å². The summed E-state index contributed by atoms with van der Waals surface area (Å²) in [6, 6.07) is 5.65. The van der Waals surface area contributed by atoms with Crippen LogP contribution in [0.3, 0.4) is 0 Å². The van der Waals surface area contributed by atoms with Gasteiger partial charge in [-0.1, -0.05) is 26.3 Å². The highest BCUT2D eigenvalue weighted by atomic mass is 19.4. The summed E-state index contributed by atoms with van der Waals surface area (Å²) in [7, 11) is 1.81. The third-order valence-corrected chi connectivity index (χ3v) is 2.40. The van der Waals surface area contributed by atoms with E-state index in [0.717, 1.165) is 11.4 Å². The van der Waals surface area contributed by atoms with E-state index in [2.05, 4.69) is 31.4 Å². The van der Waals surface area contributed by atoms with Crippen LogP contribution in [0, 0.1) is 12.8 Å². The molecular weight excluding hydrogens is 305 g/mol. The Balaban J connectivity index is 0. The normalized spacial score (nSPS) is 10.6. The zero-order chi connectivity index (χ0) is 18.5. The van der Waals surface area contributed by atoms with Crippen LogP contribution < -0.4 is 15.4 Å². The van der Waals surface area contributed by atoms with Crippen molar-refractivity contribution >= 4 is 5.69 Å². The molecule has 0 bridgehead atoms. The zero-order valence-electron chi connectivity index (χ0n) is 14.0. The van der Waals surface area contributed by atoms with E-state index in [1.165, 1.54) is 18.6 Å². The maximum absolute atomic E-state index is 12.0. The molecule has 2 N–H and O–H groups in total. The van der Waals surface area contributed by atoms with Crippen LogP contribution in [0.25, 0.3) is 0 Å². The molecule has 0 aliphatic heterocycles. The maximum atomic E-state index is 12.0. The largest absolute Gasteiger partial charge is 0.573 e. The molecule has 1 rings (SSSR count). The quantitative estimate of drug-likeness (QED) is 0.823. The Bertz CT molecular complexity index is 465. The molecule has 130 valence electrons. The number of ether oxygens (including phenoxy) is 1. The van der Waals surface area contributed by atoms with Gasteiger partial charge in [0, 0.05) is 25.0 Å². The number of terminal acetylenes is 1. The molecule has 0 unspecified atom stereocenters. The summed E-state index contributed by atoms with van der Waals surface area (Å²) >= 11 is 0. The second-order valence-corrected chi connectivity index (χ2v) is 4.39. The van der Waals surface area contributed by atoms with Crippen molar-refractivity contribution in [2.75, 3.05) is 18.5 Å². The van der Waals surface area contributed by atoms with Crippen molar-refractivity contribution in [1.29, 1.82) is 0 Å². The minimum Gasteiger partial charge on any atom is -0.406 e. The first-order valence-electron chi connectivity index (χ1n) is 7.04. The van der Waals surface area contributed by atoms with E-state index in [9.17, 15) is 13.2 Å². The van der Waals surface area contributed by atoms with E-state index in [0.29, 0.717) is 6.54 Å². The predicted octanol–water partition coefficient (Wildman–Crippen LogP) is 4.55. The van der Waals surface area contributed by atoms with Crippen LogP contribution in [0.5, 0.6) is 5.75 Å². The van der Waals surface area contributed by atoms with Gasteiger partial charge in [-0.15, -0.1) is 26.0 Å². The summed E-state index contributed by atoms with van der Waals surface area (Å²) in [5.74, 6) is -0.236. The van der Waals surface area contributed by atoms with Gasteiger partial charge in [0.05, 0.1) is 0 Å². The predicted molar refractivity (Wildman–Crippen MR) is 90.2 cm³/mol. The molecule has 0 aliphatic rings. The van der Waals surface area contributed by atoms with E-state index >= 15 is 0 Å². The van der Waals surface area contributed by atoms with Crippen molar-refractivity contribution < 1.29 is 17.9 Å². The minimum atomic E-state index is -4.66. The monoisotopic (exact) mass is 330 g/mol. The molecule has 1 aromatic rings. The first-order valence-corrected chi connectivity index (χ1v) is 7.04. The van der Waals surface area contributed by atoms with Crippen LogP contribution in [0.1, 0.15) is 27.2 Å². The van der Waals surface area contributed by atoms with Crippen molar-refractivity contribution in [2.24, 2.45) is 5.73 Å². The zero-order valence-corrected chi connectivity index (χ0v) is 14.0. The Morgan fingerprint density at radius 3 is 2.00 bits per heavy atom.